The SMILES string of the molecule is C=C(NC=O)C(=O)NCC(F)(F)F.Cc1ccc(/C=C/C(c2cc(Cl)c(Cl)c(Cl)c2)C(F)(F)F)cc1Br. The second-order valence-corrected chi connectivity index (χ2v) is 9.27. The van der Waals surface area contributed by atoms with Crippen LogP contribution in [0.15, 0.2) is 53.2 Å². The number of carbonyl (C=O) groups excluding carboxylic acids is 2. The van der Waals surface area contributed by atoms with Gasteiger partial charge in [0, 0.05) is 4.47 Å². The number of alkyl halides is 6. The molecule has 0 saturated carbocycles. The van der Waals surface area contributed by atoms with Crippen LogP contribution in [0.3, 0.4) is 0 Å². The summed E-state index contributed by atoms with van der Waals surface area (Å²) >= 11 is 20.9. The Morgan fingerprint density at radius 2 is 1.65 bits per heavy atom. The number of hydrogen-bond acceptors (Lipinski definition) is 2. The van der Waals surface area contributed by atoms with Gasteiger partial charge in [-0.15, -0.1) is 0 Å². The van der Waals surface area contributed by atoms with Crippen molar-refractivity contribution in [3.05, 3.63) is 84.9 Å². The van der Waals surface area contributed by atoms with E-state index in [0.29, 0.717) is 5.56 Å². The molecule has 2 N–H and O–H groups in total. The highest BCUT2D eigenvalue weighted by Gasteiger charge is 2.39. The Hall–Kier alpha value is -2.21. The molecule has 2 aromatic carbocycles. The molecule has 0 spiro atoms. The lowest BCUT2D eigenvalue weighted by Gasteiger charge is -2.18. The molecule has 2 amide bonds. The fourth-order valence-electron chi connectivity index (χ4n) is 2.51. The third-order valence-corrected chi connectivity index (χ3v) is 6.40. The number of amides is 2. The average Bonchev–Trinajstić information content (AvgIpc) is 2.77. The first-order valence-electron chi connectivity index (χ1n) is 9.85. The van der Waals surface area contributed by atoms with Gasteiger partial charge in [-0.1, -0.05) is 81.6 Å². The second-order valence-electron chi connectivity index (χ2n) is 7.22. The molecule has 202 valence electrons. The molecule has 2 rings (SSSR count). The highest BCUT2D eigenvalue weighted by molar-refractivity contribution is 9.10. The van der Waals surface area contributed by atoms with Crippen LogP contribution in [0, 0.1) is 6.92 Å². The standard InChI is InChI=1S/C17H11BrCl3F3.C6H7F3N2O2/c1-9-2-3-10(6-13(9)18)4-5-12(17(22,23)24)11-7-14(19)16(21)15(20)8-11;1-4(11-3-12)5(13)10-2-6(7,8)9/h2-8,12H,1H3;3H,1-2H2,(H,10,13)(H,11,12)/b5-4+;. The summed E-state index contributed by atoms with van der Waals surface area (Å²) in [4.78, 5) is 20.4. The van der Waals surface area contributed by atoms with Crippen LogP contribution in [0.5, 0.6) is 0 Å². The largest absolute Gasteiger partial charge is 0.405 e. The molecule has 4 nitrogen and oxygen atoms in total. The summed E-state index contributed by atoms with van der Waals surface area (Å²) in [6.07, 6.45) is -6.32. The number of allylic oxidation sites excluding steroid dienone is 1. The van der Waals surface area contributed by atoms with Crippen LogP contribution in [-0.4, -0.2) is 31.2 Å². The van der Waals surface area contributed by atoms with Gasteiger partial charge in [0.2, 0.25) is 6.41 Å². The highest BCUT2D eigenvalue weighted by Crippen LogP contribution is 2.41. The highest BCUT2D eigenvalue weighted by atomic mass is 79.9. The zero-order valence-electron chi connectivity index (χ0n) is 18.7. The van der Waals surface area contributed by atoms with Gasteiger partial charge in [-0.3, -0.25) is 9.59 Å². The van der Waals surface area contributed by atoms with E-state index in [1.807, 2.05) is 18.3 Å². The normalized spacial score (nSPS) is 12.4. The van der Waals surface area contributed by atoms with E-state index in [2.05, 4.69) is 22.5 Å². The molecule has 0 aromatic heterocycles. The lowest BCUT2D eigenvalue weighted by molar-refractivity contribution is -0.139. The van der Waals surface area contributed by atoms with E-state index in [0.717, 1.165) is 16.1 Å². The molecule has 1 atom stereocenters. The van der Waals surface area contributed by atoms with Gasteiger partial charge in [0.25, 0.3) is 5.91 Å². The van der Waals surface area contributed by atoms with E-state index >= 15 is 0 Å². The fourth-order valence-corrected chi connectivity index (χ4v) is 3.52. The molecule has 37 heavy (non-hydrogen) atoms. The minimum absolute atomic E-state index is 0.0140. The van der Waals surface area contributed by atoms with Gasteiger partial charge in [-0.05, 0) is 41.8 Å². The third kappa shape index (κ3) is 11.4. The Morgan fingerprint density at radius 1 is 1.08 bits per heavy atom. The first-order chi connectivity index (χ1) is 17.0. The van der Waals surface area contributed by atoms with Crippen molar-refractivity contribution in [1.29, 1.82) is 0 Å². The van der Waals surface area contributed by atoms with Crippen LogP contribution in [-0.2, 0) is 9.59 Å². The van der Waals surface area contributed by atoms with Crippen molar-refractivity contribution in [2.45, 2.75) is 25.2 Å². The summed E-state index contributed by atoms with van der Waals surface area (Å²) in [6, 6.07) is 7.68. The van der Waals surface area contributed by atoms with Gasteiger partial charge in [0.15, 0.2) is 0 Å². The number of hydrogen-bond donors (Lipinski definition) is 2. The Morgan fingerprint density at radius 3 is 2.11 bits per heavy atom. The number of carbonyl (C=O) groups is 2. The number of nitrogens with one attached hydrogen (secondary N) is 2. The molecular formula is C23H18BrCl3F6N2O2. The summed E-state index contributed by atoms with van der Waals surface area (Å²) in [7, 11) is 0. The predicted octanol–water partition coefficient (Wildman–Crippen LogP) is 8.00. The molecule has 0 heterocycles. The number of benzene rings is 2. The zero-order chi connectivity index (χ0) is 28.6. The fraction of sp³-hybridized carbons (Fsp3) is 0.217. The monoisotopic (exact) mass is 652 g/mol. The van der Waals surface area contributed by atoms with Crippen molar-refractivity contribution < 1.29 is 35.9 Å². The van der Waals surface area contributed by atoms with Gasteiger partial charge in [-0.2, -0.15) is 26.3 Å². The maximum Gasteiger partial charge on any atom is 0.405 e. The quantitative estimate of drug-likeness (QED) is 0.138. The van der Waals surface area contributed by atoms with Crippen LogP contribution < -0.4 is 10.6 Å². The van der Waals surface area contributed by atoms with Crippen molar-refractivity contribution in [3.8, 4) is 0 Å². The summed E-state index contributed by atoms with van der Waals surface area (Å²) in [5.74, 6) is -2.91. The predicted molar refractivity (Wildman–Crippen MR) is 136 cm³/mol. The molecule has 1 unspecified atom stereocenters. The topological polar surface area (TPSA) is 58.2 Å². The van der Waals surface area contributed by atoms with E-state index in [1.165, 1.54) is 23.5 Å². The molecule has 14 heteroatoms. The molecule has 0 aliphatic heterocycles. The number of rotatable bonds is 7. The average molecular weight is 655 g/mol. The summed E-state index contributed by atoms with van der Waals surface area (Å²) < 4.78 is 75.7. The maximum absolute atomic E-state index is 13.4. The molecule has 0 bridgehead atoms. The van der Waals surface area contributed by atoms with Gasteiger partial charge < -0.3 is 10.6 Å². The first kappa shape index (κ1) is 32.8. The third-order valence-electron chi connectivity index (χ3n) is 4.35. The molecule has 0 radical (unpaired) electrons. The van der Waals surface area contributed by atoms with E-state index in [4.69, 9.17) is 34.8 Å². The smallest absolute Gasteiger partial charge is 0.342 e. The van der Waals surface area contributed by atoms with Crippen LogP contribution in [0.25, 0.3) is 6.08 Å². The van der Waals surface area contributed by atoms with E-state index in [1.54, 1.807) is 12.1 Å². The minimum Gasteiger partial charge on any atom is -0.342 e. The van der Waals surface area contributed by atoms with Crippen molar-refractivity contribution in [2.24, 2.45) is 0 Å². The van der Waals surface area contributed by atoms with Gasteiger partial charge in [0.05, 0.1) is 26.7 Å². The zero-order valence-corrected chi connectivity index (χ0v) is 22.6. The maximum atomic E-state index is 13.4. The molecule has 2 aromatic rings. The summed E-state index contributed by atoms with van der Waals surface area (Å²) in [6.45, 7) is 3.47. The molecule has 0 aliphatic rings. The van der Waals surface area contributed by atoms with Gasteiger partial charge in [-0.25, -0.2) is 0 Å². The molecule has 0 saturated heterocycles. The lowest BCUT2D eigenvalue weighted by Crippen LogP contribution is -2.37. The van der Waals surface area contributed by atoms with Crippen molar-refractivity contribution in [3.63, 3.8) is 0 Å². The van der Waals surface area contributed by atoms with E-state index in [-0.39, 0.29) is 27.0 Å². The lowest BCUT2D eigenvalue weighted by atomic mass is 9.97. The van der Waals surface area contributed by atoms with Crippen molar-refractivity contribution >= 4 is 69.1 Å². The second kappa shape index (κ2) is 14.1. The number of halogens is 10. The van der Waals surface area contributed by atoms with E-state index < -0.39 is 36.4 Å². The number of aryl methyl sites for hydroxylation is 1. The Labute approximate surface area is 231 Å². The van der Waals surface area contributed by atoms with E-state index in [9.17, 15) is 35.9 Å². The van der Waals surface area contributed by atoms with Gasteiger partial charge >= 0.3 is 12.4 Å². The molecule has 0 aliphatic carbocycles. The van der Waals surface area contributed by atoms with Crippen molar-refractivity contribution in [2.75, 3.05) is 6.54 Å². The minimum atomic E-state index is -4.49. The Kier molecular flexibility index (Phi) is 12.5. The first-order valence-corrected chi connectivity index (χ1v) is 11.8. The Balaban J connectivity index is 0.000000448. The molecular weight excluding hydrogens is 637 g/mol. The Bertz CT molecular complexity index is 1150. The van der Waals surface area contributed by atoms with Crippen LogP contribution in [0.4, 0.5) is 26.3 Å². The summed E-state index contributed by atoms with van der Waals surface area (Å²) in [5, 5.41) is 3.36. The summed E-state index contributed by atoms with van der Waals surface area (Å²) in [5.41, 5.74) is 1.15. The van der Waals surface area contributed by atoms with Crippen LogP contribution in [0.2, 0.25) is 15.1 Å². The molecule has 0 fully saturated rings. The van der Waals surface area contributed by atoms with Crippen LogP contribution in [0.1, 0.15) is 22.6 Å². The van der Waals surface area contributed by atoms with Gasteiger partial charge in [0.1, 0.15) is 6.54 Å². The van der Waals surface area contributed by atoms with Crippen molar-refractivity contribution in [1.82, 2.24) is 10.6 Å². The van der Waals surface area contributed by atoms with Crippen LogP contribution >= 0.6 is 50.7 Å².